The maximum absolute atomic E-state index is 12.8. The molecule has 0 aromatic heterocycles. The van der Waals surface area contributed by atoms with Crippen LogP contribution in [0.4, 0.5) is 13.2 Å². The van der Waals surface area contributed by atoms with Crippen molar-refractivity contribution >= 4 is 11.9 Å². The van der Waals surface area contributed by atoms with Crippen LogP contribution in [0.5, 0.6) is 0 Å². The lowest BCUT2D eigenvalue weighted by molar-refractivity contribution is -0.192. The van der Waals surface area contributed by atoms with Crippen LogP contribution in [0.15, 0.2) is 60.7 Å². The number of halogens is 3. The minimum absolute atomic E-state index is 0.107. The van der Waals surface area contributed by atoms with Crippen LogP contribution in [-0.2, 0) is 26.3 Å². The van der Waals surface area contributed by atoms with Crippen molar-refractivity contribution < 1.29 is 32.6 Å². The summed E-state index contributed by atoms with van der Waals surface area (Å²) < 4.78 is 37.4. The molecule has 1 fully saturated rings. The van der Waals surface area contributed by atoms with E-state index in [9.17, 15) is 18.0 Å². The first-order chi connectivity index (χ1) is 13.8. The number of carbonyl (C=O) groups excluding carboxylic acids is 1. The van der Waals surface area contributed by atoms with Gasteiger partial charge in [0.2, 0.25) is 0 Å². The summed E-state index contributed by atoms with van der Waals surface area (Å²) in [7, 11) is 0. The average Bonchev–Trinajstić information content (AvgIpc) is 2.73. The molecule has 0 aliphatic carbocycles. The van der Waals surface area contributed by atoms with Crippen molar-refractivity contribution in [3.8, 4) is 0 Å². The summed E-state index contributed by atoms with van der Waals surface area (Å²) in [5, 5.41) is 10.5. The van der Waals surface area contributed by atoms with Crippen LogP contribution in [-0.4, -0.2) is 36.3 Å². The van der Waals surface area contributed by atoms with Crippen molar-refractivity contribution in [1.29, 1.82) is 0 Å². The molecule has 29 heavy (non-hydrogen) atoms. The Morgan fingerprint density at radius 1 is 0.966 bits per heavy atom. The van der Waals surface area contributed by atoms with Gasteiger partial charge in [0.05, 0.1) is 5.41 Å². The van der Waals surface area contributed by atoms with E-state index < -0.39 is 17.6 Å². The third-order valence-electron chi connectivity index (χ3n) is 4.63. The minimum atomic E-state index is -5.08. The second kappa shape index (κ2) is 10.1. The molecule has 2 aromatic rings. The first kappa shape index (κ1) is 22.4. The molecule has 0 unspecified atom stereocenters. The van der Waals surface area contributed by atoms with Crippen LogP contribution < -0.4 is 5.32 Å². The molecule has 0 radical (unpaired) electrons. The molecule has 1 aliphatic rings. The van der Waals surface area contributed by atoms with E-state index in [0.717, 1.165) is 37.1 Å². The van der Waals surface area contributed by atoms with Gasteiger partial charge in [-0.1, -0.05) is 60.7 Å². The van der Waals surface area contributed by atoms with Crippen molar-refractivity contribution in [2.75, 3.05) is 13.1 Å². The number of piperidine rings is 1. The highest BCUT2D eigenvalue weighted by Gasteiger charge is 2.42. The zero-order chi connectivity index (χ0) is 21.3. The van der Waals surface area contributed by atoms with E-state index in [0.29, 0.717) is 6.61 Å². The van der Waals surface area contributed by atoms with Gasteiger partial charge in [-0.15, -0.1) is 0 Å². The third-order valence-corrected chi connectivity index (χ3v) is 4.63. The number of rotatable bonds is 4. The number of esters is 1. The van der Waals surface area contributed by atoms with E-state index in [-0.39, 0.29) is 5.97 Å². The van der Waals surface area contributed by atoms with Crippen molar-refractivity contribution in [3.05, 3.63) is 71.8 Å². The Kier molecular flexibility index (Phi) is 7.78. The second-order valence-corrected chi connectivity index (χ2v) is 6.56. The highest BCUT2D eigenvalue weighted by atomic mass is 19.4. The highest BCUT2D eigenvalue weighted by molar-refractivity contribution is 5.83. The van der Waals surface area contributed by atoms with E-state index in [1.165, 1.54) is 0 Å². The molecule has 0 bridgehead atoms. The Balaban J connectivity index is 0.000000370. The number of hydrogen-bond acceptors (Lipinski definition) is 4. The van der Waals surface area contributed by atoms with Crippen LogP contribution in [0.2, 0.25) is 0 Å². The standard InChI is InChI=1S/C19H21NO2.C2HF3O2/c21-18(22-15-16-7-3-1-4-8-16)19(11-13-20-14-12-19)17-9-5-2-6-10-17;3-2(4,5)1(6)7/h1-10,20H,11-15H2;(H,6,7). The fourth-order valence-electron chi connectivity index (χ4n) is 3.08. The zero-order valence-electron chi connectivity index (χ0n) is 15.6. The van der Waals surface area contributed by atoms with Gasteiger partial charge in [0, 0.05) is 0 Å². The predicted octanol–water partition coefficient (Wildman–Crippen LogP) is 3.68. The predicted molar refractivity (Wildman–Crippen MR) is 100 cm³/mol. The van der Waals surface area contributed by atoms with Crippen molar-refractivity contribution in [1.82, 2.24) is 5.32 Å². The number of benzene rings is 2. The third kappa shape index (κ3) is 6.32. The molecule has 0 amide bonds. The van der Waals surface area contributed by atoms with Crippen molar-refractivity contribution in [2.24, 2.45) is 0 Å². The molecule has 3 rings (SSSR count). The van der Waals surface area contributed by atoms with Crippen LogP contribution in [0, 0.1) is 0 Å². The lowest BCUT2D eigenvalue weighted by Crippen LogP contribution is -2.46. The summed E-state index contributed by atoms with van der Waals surface area (Å²) in [6.07, 6.45) is -3.52. The first-order valence-electron chi connectivity index (χ1n) is 9.03. The van der Waals surface area contributed by atoms with Gasteiger partial charge < -0.3 is 15.2 Å². The van der Waals surface area contributed by atoms with Gasteiger partial charge in [-0.2, -0.15) is 13.2 Å². The quantitative estimate of drug-likeness (QED) is 0.754. The summed E-state index contributed by atoms with van der Waals surface area (Å²) in [6, 6.07) is 19.9. The van der Waals surface area contributed by atoms with Gasteiger partial charge in [-0.05, 0) is 37.1 Å². The Hall–Kier alpha value is -2.87. The molecule has 1 saturated heterocycles. The fraction of sp³-hybridized carbons (Fsp3) is 0.333. The lowest BCUT2D eigenvalue weighted by atomic mass is 9.73. The van der Waals surface area contributed by atoms with Gasteiger partial charge in [-0.3, -0.25) is 4.79 Å². The number of carbonyl (C=O) groups is 2. The number of carboxylic acid groups (broad SMARTS) is 1. The van der Waals surface area contributed by atoms with E-state index in [1.807, 2.05) is 60.7 Å². The van der Waals surface area contributed by atoms with E-state index >= 15 is 0 Å². The fourth-order valence-corrected chi connectivity index (χ4v) is 3.08. The Labute approximate surface area is 166 Å². The molecule has 8 heteroatoms. The van der Waals surface area contributed by atoms with Gasteiger partial charge in [0.25, 0.3) is 0 Å². The molecular formula is C21H22F3NO4. The zero-order valence-corrected chi connectivity index (χ0v) is 15.6. The smallest absolute Gasteiger partial charge is 0.475 e. The molecule has 0 atom stereocenters. The Bertz CT molecular complexity index is 789. The number of aliphatic carboxylic acids is 1. The van der Waals surface area contributed by atoms with E-state index in [4.69, 9.17) is 14.6 Å². The maximum Gasteiger partial charge on any atom is 0.490 e. The summed E-state index contributed by atoms with van der Waals surface area (Å²) in [4.78, 5) is 21.7. The molecular weight excluding hydrogens is 387 g/mol. The maximum atomic E-state index is 12.8. The Morgan fingerprint density at radius 2 is 1.45 bits per heavy atom. The summed E-state index contributed by atoms with van der Waals surface area (Å²) >= 11 is 0. The van der Waals surface area contributed by atoms with Crippen LogP contribution >= 0.6 is 0 Å². The van der Waals surface area contributed by atoms with Gasteiger partial charge in [0.1, 0.15) is 6.61 Å². The van der Waals surface area contributed by atoms with Crippen LogP contribution in [0.25, 0.3) is 0 Å². The number of alkyl halides is 3. The van der Waals surface area contributed by atoms with Gasteiger partial charge in [0.15, 0.2) is 0 Å². The van der Waals surface area contributed by atoms with Crippen molar-refractivity contribution in [3.63, 3.8) is 0 Å². The number of carboxylic acids is 1. The van der Waals surface area contributed by atoms with Crippen molar-refractivity contribution in [2.45, 2.75) is 31.0 Å². The molecule has 2 aromatic carbocycles. The molecule has 2 N–H and O–H groups in total. The SMILES string of the molecule is O=C(O)C(F)(F)F.O=C(OCc1ccccc1)C1(c2ccccc2)CCNCC1. The molecule has 1 aliphatic heterocycles. The minimum Gasteiger partial charge on any atom is -0.475 e. The highest BCUT2D eigenvalue weighted by Crippen LogP contribution is 2.35. The average molecular weight is 409 g/mol. The largest absolute Gasteiger partial charge is 0.490 e. The van der Waals surface area contributed by atoms with E-state index in [2.05, 4.69) is 5.32 Å². The summed E-state index contributed by atoms with van der Waals surface area (Å²) in [5.74, 6) is -2.86. The van der Waals surface area contributed by atoms with Crippen LogP contribution in [0.1, 0.15) is 24.0 Å². The Morgan fingerprint density at radius 3 is 1.93 bits per heavy atom. The normalized spacial score (nSPS) is 15.6. The van der Waals surface area contributed by atoms with Gasteiger partial charge >= 0.3 is 18.1 Å². The summed E-state index contributed by atoms with van der Waals surface area (Å²) in [5.41, 5.74) is 1.57. The molecule has 5 nitrogen and oxygen atoms in total. The molecule has 156 valence electrons. The van der Waals surface area contributed by atoms with E-state index in [1.54, 1.807) is 0 Å². The first-order valence-corrected chi connectivity index (χ1v) is 9.03. The number of hydrogen-bond donors (Lipinski definition) is 2. The summed E-state index contributed by atoms with van der Waals surface area (Å²) in [6.45, 7) is 2.02. The lowest BCUT2D eigenvalue weighted by Gasteiger charge is -2.35. The molecule has 0 saturated carbocycles. The molecule has 1 heterocycles. The number of ether oxygens (including phenoxy) is 1. The van der Waals surface area contributed by atoms with Gasteiger partial charge in [-0.25, -0.2) is 4.79 Å². The second-order valence-electron chi connectivity index (χ2n) is 6.56. The topological polar surface area (TPSA) is 75.6 Å². The molecule has 0 spiro atoms. The van der Waals surface area contributed by atoms with Crippen LogP contribution in [0.3, 0.4) is 0 Å². The monoisotopic (exact) mass is 409 g/mol. The number of nitrogens with one attached hydrogen (secondary N) is 1.